The molecule has 0 amide bonds. The third-order valence-corrected chi connectivity index (χ3v) is 1.62. The van der Waals surface area contributed by atoms with Crippen LogP contribution in [0.25, 0.3) is 0 Å². The Balaban J connectivity index is 4.03. The molecule has 0 saturated heterocycles. The van der Waals surface area contributed by atoms with E-state index in [1.807, 2.05) is 19.9 Å². The van der Waals surface area contributed by atoms with Gasteiger partial charge in [0.25, 0.3) is 0 Å². The molecule has 0 radical (unpaired) electrons. The van der Waals surface area contributed by atoms with Crippen LogP contribution in [0.4, 0.5) is 0 Å². The summed E-state index contributed by atoms with van der Waals surface area (Å²) in [5.41, 5.74) is 1.88. The highest BCUT2D eigenvalue weighted by Gasteiger charge is 1.88. The van der Waals surface area contributed by atoms with Crippen molar-refractivity contribution in [3.8, 4) is 0 Å². The SMILES string of the molecule is CCC/C=C/C(C)=C(\C)C=O. The van der Waals surface area contributed by atoms with Crippen LogP contribution in [0.2, 0.25) is 0 Å². The Kier molecular flexibility index (Phi) is 5.44. The molecule has 0 unspecified atom stereocenters. The van der Waals surface area contributed by atoms with Gasteiger partial charge in [-0.15, -0.1) is 0 Å². The van der Waals surface area contributed by atoms with E-state index in [4.69, 9.17) is 0 Å². The van der Waals surface area contributed by atoms with E-state index in [2.05, 4.69) is 13.0 Å². The summed E-state index contributed by atoms with van der Waals surface area (Å²) in [5, 5.41) is 0. The summed E-state index contributed by atoms with van der Waals surface area (Å²) in [6, 6.07) is 0. The minimum absolute atomic E-state index is 0.817. The number of aldehydes is 1. The predicted molar refractivity (Wildman–Crippen MR) is 48.5 cm³/mol. The second kappa shape index (κ2) is 5.90. The largest absolute Gasteiger partial charge is 0.298 e. The summed E-state index contributed by atoms with van der Waals surface area (Å²) in [7, 11) is 0. The molecule has 0 aliphatic heterocycles. The predicted octanol–water partition coefficient (Wildman–Crippen LogP) is 2.88. The maximum Gasteiger partial charge on any atom is 0.146 e. The molecule has 0 aromatic rings. The Hall–Kier alpha value is -0.850. The van der Waals surface area contributed by atoms with Gasteiger partial charge in [-0.3, -0.25) is 4.79 Å². The fourth-order valence-electron chi connectivity index (χ4n) is 0.651. The van der Waals surface area contributed by atoms with E-state index >= 15 is 0 Å². The first kappa shape index (κ1) is 10.2. The van der Waals surface area contributed by atoms with Crippen LogP contribution in [0, 0.1) is 0 Å². The molecular weight excluding hydrogens is 136 g/mol. The second-order valence-electron chi connectivity index (χ2n) is 2.67. The third-order valence-electron chi connectivity index (χ3n) is 1.62. The first-order valence-corrected chi connectivity index (χ1v) is 4.01. The number of carbonyl (C=O) groups excluding carboxylic acids is 1. The molecule has 62 valence electrons. The van der Waals surface area contributed by atoms with Crippen LogP contribution < -0.4 is 0 Å². The number of hydrogen-bond acceptors (Lipinski definition) is 1. The van der Waals surface area contributed by atoms with E-state index in [1.54, 1.807) is 0 Å². The van der Waals surface area contributed by atoms with Crippen molar-refractivity contribution in [1.29, 1.82) is 0 Å². The van der Waals surface area contributed by atoms with Crippen LogP contribution in [-0.4, -0.2) is 6.29 Å². The van der Waals surface area contributed by atoms with Gasteiger partial charge in [0, 0.05) is 0 Å². The number of carbonyl (C=O) groups is 1. The van der Waals surface area contributed by atoms with E-state index in [0.29, 0.717) is 0 Å². The monoisotopic (exact) mass is 152 g/mol. The molecule has 0 spiro atoms. The minimum Gasteiger partial charge on any atom is -0.298 e. The summed E-state index contributed by atoms with van der Waals surface area (Å²) in [6.45, 7) is 5.92. The topological polar surface area (TPSA) is 17.1 Å². The van der Waals surface area contributed by atoms with E-state index < -0.39 is 0 Å². The average Bonchev–Trinajstić information content (AvgIpc) is 2.03. The molecule has 0 aliphatic rings. The van der Waals surface area contributed by atoms with Crippen molar-refractivity contribution in [2.75, 3.05) is 0 Å². The lowest BCUT2D eigenvalue weighted by atomic mass is 10.1. The molecule has 0 bridgehead atoms. The van der Waals surface area contributed by atoms with Gasteiger partial charge in [-0.1, -0.05) is 25.5 Å². The van der Waals surface area contributed by atoms with E-state index in [1.165, 1.54) is 0 Å². The highest BCUT2D eigenvalue weighted by atomic mass is 16.1. The summed E-state index contributed by atoms with van der Waals surface area (Å²) in [5.74, 6) is 0. The number of rotatable bonds is 4. The minimum atomic E-state index is 0.817. The summed E-state index contributed by atoms with van der Waals surface area (Å²) in [6.07, 6.45) is 7.24. The van der Waals surface area contributed by atoms with Crippen LogP contribution >= 0.6 is 0 Å². The smallest absolute Gasteiger partial charge is 0.146 e. The molecule has 0 atom stereocenters. The fourth-order valence-corrected chi connectivity index (χ4v) is 0.651. The van der Waals surface area contributed by atoms with Gasteiger partial charge in [0.2, 0.25) is 0 Å². The lowest BCUT2D eigenvalue weighted by Gasteiger charge is -1.93. The van der Waals surface area contributed by atoms with Gasteiger partial charge < -0.3 is 0 Å². The number of unbranched alkanes of at least 4 members (excludes halogenated alkanes) is 1. The van der Waals surface area contributed by atoms with Gasteiger partial charge in [0.15, 0.2) is 0 Å². The molecule has 0 heterocycles. The normalized spacial score (nSPS) is 13.4. The average molecular weight is 152 g/mol. The lowest BCUT2D eigenvalue weighted by Crippen LogP contribution is -1.80. The van der Waals surface area contributed by atoms with Gasteiger partial charge in [0.1, 0.15) is 6.29 Å². The van der Waals surface area contributed by atoms with E-state index in [9.17, 15) is 4.79 Å². The molecular formula is C10H16O. The molecule has 0 fully saturated rings. The van der Waals surface area contributed by atoms with Crippen molar-refractivity contribution < 1.29 is 4.79 Å². The van der Waals surface area contributed by atoms with Crippen molar-refractivity contribution in [3.05, 3.63) is 23.3 Å². The van der Waals surface area contributed by atoms with Crippen molar-refractivity contribution in [1.82, 2.24) is 0 Å². The Bertz CT molecular complexity index is 175. The van der Waals surface area contributed by atoms with Crippen molar-refractivity contribution in [2.24, 2.45) is 0 Å². The summed E-state index contributed by atoms with van der Waals surface area (Å²) >= 11 is 0. The Morgan fingerprint density at radius 2 is 1.91 bits per heavy atom. The molecule has 0 aromatic carbocycles. The molecule has 0 N–H and O–H groups in total. The van der Waals surface area contributed by atoms with Crippen molar-refractivity contribution in [2.45, 2.75) is 33.6 Å². The molecule has 0 aliphatic carbocycles. The number of hydrogen-bond donors (Lipinski definition) is 0. The van der Waals surface area contributed by atoms with E-state index in [-0.39, 0.29) is 0 Å². The zero-order valence-corrected chi connectivity index (χ0v) is 7.55. The van der Waals surface area contributed by atoms with Crippen molar-refractivity contribution in [3.63, 3.8) is 0 Å². The molecule has 0 aromatic heterocycles. The first-order chi connectivity index (χ1) is 5.22. The Morgan fingerprint density at radius 1 is 1.27 bits per heavy atom. The standard InChI is InChI=1S/C10H16O/c1-4-5-6-7-9(2)10(3)8-11/h6-8H,4-5H2,1-3H3/b7-6+,10-9+. The second-order valence-corrected chi connectivity index (χ2v) is 2.67. The number of allylic oxidation sites excluding steroid dienone is 4. The van der Waals surface area contributed by atoms with Crippen molar-refractivity contribution >= 4 is 6.29 Å². The molecule has 0 saturated carbocycles. The first-order valence-electron chi connectivity index (χ1n) is 4.01. The van der Waals surface area contributed by atoms with Crippen LogP contribution in [-0.2, 0) is 4.79 Å². The van der Waals surface area contributed by atoms with Gasteiger partial charge in [-0.05, 0) is 31.4 Å². The maximum absolute atomic E-state index is 10.3. The third kappa shape index (κ3) is 4.54. The van der Waals surface area contributed by atoms with Gasteiger partial charge in [-0.2, -0.15) is 0 Å². The summed E-state index contributed by atoms with van der Waals surface area (Å²) in [4.78, 5) is 10.3. The Labute approximate surface area is 68.8 Å². The van der Waals surface area contributed by atoms with E-state index in [0.717, 1.165) is 30.3 Å². The quantitative estimate of drug-likeness (QED) is 0.344. The van der Waals surface area contributed by atoms with Crippen LogP contribution in [0.1, 0.15) is 33.6 Å². The Morgan fingerprint density at radius 3 is 2.36 bits per heavy atom. The lowest BCUT2D eigenvalue weighted by molar-refractivity contribution is -0.104. The molecule has 0 rings (SSSR count). The highest BCUT2D eigenvalue weighted by molar-refractivity contribution is 5.74. The zero-order chi connectivity index (χ0) is 8.69. The van der Waals surface area contributed by atoms with Crippen LogP contribution in [0.15, 0.2) is 23.3 Å². The van der Waals surface area contributed by atoms with Gasteiger partial charge in [0.05, 0.1) is 0 Å². The molecule has 11 heavy (non-hydrogen) atoms. The summed E-state index contributed by atoms with van der Waals surface area (Å²) < 4.78 is 0. The zero-order valence-electron chi connectivity index (χ0n) is 7.55. The van der Waals surface area contributed by atoms with Crippen LogP contribution in [0.3, 0.4) is 0 Å². The molecule has 1 nitrogen and oxygen atoms in total. The van der Waals surface area contributed by atoms with Gasteiger partial charge in [-0.25, -0.2) is 0 Å². The van der Waals surface area contributed by atoms with Gasteiger partial charge >= 0.3 is 0 Å². The highest BCUT2D eigenvalue weighted by Crippen LogP contribution is 2.02. The fraction of sp³-hybridized carbons (Fsp3) is 0.500. The van der Waals surface area contributed by atoms with Crippen LogP contribution in [0.5, 0.6) is 0 Å². The molecule has 1 heteroatoms. The maximum atomic E-state index is 10.3.